The number of nitrogens with zero attached hydrogens (tertiary/aromatic N) is 2. The van der Waals surface area contributed by atoms with Crippen LogP contribution in [0, 0.1) is 0 Å². The Hall–Kier alpha value is -3.38. The monoisotopic (exact) mass is 428 g/mol. The fourth-order valence-corrected chi connectivity index (χ4v) is 5.10. The number of carbonyl (C=O) groups excluding carboxylic acids is 2. The van der Waals surface area contributed by atoms with Crippen LogP contribution < -0.4 is 16.2 Å². The smallest absolute Gasteiger partial charge is 0.281 e. The summed E-state index contributed by atoms with van der Waals surface area (Å²) >= 11 is 0. The molecule has 32 heavy (non-hydrogen) atoms. The molecule has 1 fully saturated rings. The van der Waals surface area contributed by atoms with Gasteiger partial charge in [-0.15, -0.1) is 0 Å². The lowest BCUT2D eigenvalue weighted by molar-refractivity contribution is 0.0944. The summed E-state index contributed by atoms with van der Waals surface area (Å²) in [6.45, 7) is 0.893. The number of anilines is 1. The second-order valence-electron chi connectivity index (χ2n) is 8.75. The van der Waals surface area contributed by atoms with Crippen molar-refractivity contribution in [2.75, 3.05) is 4.90 Å². The maximum Gasteiger partial charge on any atom is 0.281 e. The van der Waals surface area contributed by atoms with E-state index in [1.165, 1.54) is 37.7 Å². The van der Waals surface area contributed by atoms with Gasteiger partial charge < -0.3 is 9.47 Å². The second-order valence-corrected chi connectivity index (χ2v) is 8.75. The number of hydrogen-bond donors (Lipinski definition) is 2. The predicted molar refractivity (Wildman–Crippen MR) is 124 cm³/mol. The number of rotatable bonds is 3. The molecule has 3 N–H and O–H groups in total. The van der Waals surface area contributed by atoms with Crippen molar-refractivity contribution in [3.63, 3.8) is 0 Å². The average Bonchev–Trinajstić information content (AvgIpc) is 3.16. The van der Waals surface area contributed by atoms with Crippen molar-refractivity contribution in [3.05, 3.63) is 88.7 Å². The first kappa shape index (κ1) is 20.5. The van der Waals surface area contributed by atoms with E-state index in [2.05, 4.69) is 17.6 Å². The van der Waals surface area contributed by atoms with E-state index >= 15 is 0 Å². The standard InChI is InChI=1S/C26H28N4O2/c27-28-25(31)24-15-14-22-17-30(23-9-5-4-8-21(23)16-29(22)24)26(32)20-12-10-19(11-13-20)18-6-2-1-3-7-18/h4-5,8-15,18H,1-3,6-7,16-17,27H2,(H,28,31). The van der Waals surface area contributed by atoms with Gasteiger partial charge in [0.25, 0.3) is 11.8 Å². The van der Waals surface area contributed by atoms with Crippen molar-refractivity contribution in [3.8, 4) is 0 Å². The highest BCUT2D eigenvalue weighted by Gasteiger charge is 2.27. The van der Waals surface area contributed by atoms with E-state index in [4.69, 9.17) is 5.84 Å². The number of nitrogen functional groups attached to an aromatic ring is 1. The quantitative estimate of drug-likeness (QED) is 0.370. The van der Waals surface area contributed by atoms with Crippen LogP contribution in [0.25, 0.3) is 0 Å². The molecule has 3 aromatic rings. The fraction of sp³-hybridized carbons (Fsp3) is 0.308. The van der Waals surface area contributed by atoms with E-state index in [-0.39, 0.29) is 11.8 Å². The number of fused-ring (bicyclic) bond motifs is 2. The molecule has 0 bridgehead atoms. The Morgan fingerprint density at radius 1 is 0.875 bits per heavy atom. The first-order chi connectivity index (χ1) is 15.7. The molecule has 0 atom stereocenters. The molecule has 0 unspecified atom stereocenters. The van der Waals surface area contributed by atoms with Crippen molar-refractivity contribution >= 4 is 17.5 Å². The SMILES string of the molecule is NNC(=O)c1ccc2n1Cc1ccccc1N(C(=O)c1ccc(C3CCCCC3)cc1)C2. The minimum Gasteiger partial charge on any atom is -0.334 e. The first-order valence-corrected chi connectivity index (χ1v) is 11.3. The minimum absolute atomic E-state index is 0.0351. The third-order valence-corrected chi connectivity index (χ3v) is 6.85. The maximum atomic E-state index is 13.6. The van der Waals surface area contributed by atoms with E-state index in [1.54, 1.807) is 6.07 Å². The average molecular weight is 429 g/mol. The van der Waals surface area contributed by atoms with E-state index < -0.39 is 0 Å². The number of hydrazine groups is 1. The molecule has 1 aliphatic heterocycles. The van der Waals surface area contributed by atoms with Gasteiger partial charge in [0.2, 0.25) is 0 Å². The van der Waals surface area contributed by atoms with Crippen LogP contribution in [0.1, 0.15) is 75.7 Å². The second kappa shape index (κ2) is 8.63. The lowest BCUT2D eigenvalue weighted by Crippen LogP contribution is -2.32. The first-order valence-electron chi connectivity index (χ1n) is 11.3. The summed E-state index contributed by atoms with van der Waals surface area (Å²) in [7, 11) is 0. The van der Waals surface area contributed by atoms with Crippen LogP contribution >= 0.6 is 0 Å². The number of benzene rings is 2. The van der Waals surface area contributed by atoms with Gasteiger partial charge in [-0.05, 0) is 60.2 Å². The van der Waals surface area contributed by atoms with Gasteiger partial charge in [-0.1, -0.05) is 49.6 Å². The van der Waals surface area contributed by atoms with Gasteiger partial charge in [0.1, 0.15) is 5.69 Å². The molecule has 1 saturated carbocycles. The molecule has 6 nitrogen and oxygen atoms in total. The molecule has 2 aliphatic rings. The summed E-state index contributed by atoms with van der Waals surface area (Å²) in [5, 5.41) is 0. The Labute approximate surface area is 188 Å². The Bertz CT molecular complexity index is 1140. The molecule has 2 amide bonds. The van der Waals surface area contributed by atoms with Crippen molar-refractivity contribution in [1.29, 1.82) is 0 Å². The minimum atomic E-state index is -0.341. The van der Waals surface area contributed by atoms with Crippen molar-refractivity contribution in [1.82, 2.24) is 9.99 Å². The Kier molecular flexibility index (Phi) is 5.53. The third kappa shape index (κ3) is 3.71. The molecule has 6 heteroatoms. The van der Waals surface area contributed by atoms with Crippen LogP contribution in [0.2, 0.25) is 0 Å². The molecule has 0 saturated heterocycles. The Morgan fingerprint density at radius 2 is 1.62 bits per heavy atom. The van der Waals surface area contributed by atoms with E-state index in [0.29, 0.717) is 30.3 Å². The van der Waals surface area contributed by atoms with Gasteiger partial charge in [-0.2, -0.15) is 0 Å². The van der Waals surface area contributed by atoms with Crippen molar-refractivity contribution < 1.29 is 9.59 Å². The summed E-state index contributed by atoms with van der Waals surface area (Å²) in [4.78, 5) is 27.7. The topological polar surface area (TPSA) is 80.4 Å². The van der Waals surface area contributed by atoms with Crippen LogP contribution in [-0.2, 0) is 13.1 Å². The molecule has 0 spiro atoms. The van der Waals surface area contributed by atoms with Gasteiger partial charge >= 0.3 is 0 Å². The summed E-state index contributed by atoms with van der Waals surface area (Å²) in [6, 6.07) is 19.7. The fourth-order valence-electron chi connectivity index (χ4n) is 5.10. The van der Waals surface area contributed by atoms with Crippen LogP contribution in [0.15, 0.2) is 60.7 Å². The summed E-state index contributed by atoms with van der Waals surface area (Å²) in [6.07, 6.45) is 6.39. The molecule has 2 aromatic carbocycles. The molecule has 1 aromatic heterocycles. The zero-order valence-corrected chi connectivity index (χ0v) is 18.1. The van der Waals surface area contributed by atoms with Gasteiger partial charge in [-0.25, -0.2) is 5.84 Å². The number of para-hydroxylation sites is 1. The highest BCUT2D eigenvalue weighted by Crippen LogP contribution is 2.34. The zero-order chi connectivity index (χ0) is 22.1. The lowest BCUT2D eigenvalue weighted by atomic mass is 9.84. The van der Waals surface area contributed by atoms with Crippen molar-refractivity contribution in [2.45, 2.75) is 51.1 Å². The molecule has 2 heterocycles. The van der Waals surface area contributed by atoms with Gasteiger partial charge in [-0.3, -0.25) is 15.0 Å². The van der Waals surface area contributed by atoms with Gasteiger partial charge in [0.15, 0.2) is 0 Å². The van der Waals surface area contributed by atoms with Gasteiger partial charge in [0, 0.05) is 16.9 Å². The number of amides is 2. The summed E-state index contributed by atoms with van der Waals surface area (Å²) < 4.78 is 1.93. The summed E-state index contributed by atoms with van der Waals surface area (Å²) in [5.74, 6) is 5.61. The number of nitrogens with two attached hydrogens (primary N) is 1. The predicted octanol–water partition coefficient (Wildman–Crippen LogP) is 4.35. The molecular formula is C26H28N4O2. The van der Waals surface area contributed by atoms with Crippen LogP contribution in [0.5, 0.6) is 0 Å². The Morgan fingerprint density at radius 3 is 2.38 bits per heavy atom. The normalized spacial score (nSPS) is 16.1. The third-order valence-electron chi connectivity index (χ3n) is 6.85. The molecule has 5 rings (SSSR count). The highest BCUT2D eigenvalue weighted by atomic mass is 16.2. The maximum absolute atomic E-state index is 13.6. The van der Waals surface area contributed by atoms with Crippen LogP contribution in [0.3, 0.4) is 0 Å². The summed E-state index contributed by atoms with van der Waals surface area (Å²) in [5.41, 5.74) is 7.47. The van der Waals surface area contributed by atoms with Crippen molar-refractivity contribution in [2.24, 2.45) is 5.84 Å². The number of nitrogens with one attached hydrogen (secondary N) is 1. The van der Waals surface area contributed by atoms with Gasteiger partial charge in [0.05, 0.1) is 13.1 Å². The Balaban J connectivity index is 1.47. The number of hydrogen-bond acceptors (Lipinski definition) is 3. The molecule has 1 aliphatic carbocycles. The molecular weight excluding hydrogens is 400 g/mol. The number of carbonyl (C=O) groups is 2. The lowest BCUT2D eigenvalue weighted by Gasteiger charge is -2.24. The highest BCUT2D eigenvalue weighted by molar-refractivity contribution is 6.06. The molecule has 0 radical (unpaired) electrons. The molecule has 164 valence electrons. The largest absolute Gasteiger partial charge is 0.334 e. The van der Waals surface area contributed by atoms with E-state index in [1.807, 2.05) is 51.9 Å². The van der Waals surface area contributed by atoms with E-state index in [0.717, 1.165) is 16.9 Å². The van der Waals surface area contributed by atoms with Crippen LogP contribution in [-0.4, -0.2) is 16.4 Å². The number of aromatic nitrogens is 1. The zero-order valence-electron chi connectivity index (χ0n) is 18.1. The van der Waals surface area contributed by atoms with E-state index in [9.17, 15) is 9.59 Å². The van der Waals surface area contributed by atoms with Crippen LogP contribution in [0.4, 0.5) is 5.69 Å².